The Morgan fingerprint density at radius 2 is 2.16 bits per heavy atom. The molecule has 1 aliphatic heterocycles. The lowest BCUT2D eigenvalue weighted by molar-refractivity contribution is -0.145. The third-order valence-electron chi connectivity index (χ3n) is 4.35. The maximum Gasteiger partial charge on any atom is 0.324 e. The number of hydrogen-bond donors (Lipinski definition) is 2. The summed E-state index contributed by atoms with van der Waals surface area (Å²) in [5.41, 5.74) is -0.826. The van der Waals surface area contributed by atoms with Crippen molar-refractivity contribution >= 4 is 5.97 Å². The number of carboxylic acid groups (broad SMARTS) is 1. The van der Waals surface area contributed by atoms with Gasteiger partial charge in [0.2, 0.25) is 0 Å². The predicted octanol–water partition coefficient (Wildman–Crippen LogP) is 0.608. The molecule has 5 nitrogen and oxygen atoms in total. The quantitative estimate of drug-likeness (QED) is 0.709. The normalized spacial score (nSPS) is 27.7. The van der Waals surface area contributed by atoms with Gasteiger partial charge in [-0.05, 0) is 53.2 Å². The van der Waals surface area contributed by atoms with E-state index in [2.05, 4.69) is 22.2 Å². The molecular formula is C14H27N3O2. The summed E-state index contributed by atoms with van der Waals surface area (Å²) in [6.45, 7) is 4.48. The molecule has 2 aliphatic rings. The summed E-state index contributed by atoms with van der Waals surface area (Å²) in [7, 11) is 4.19. The molecule has 2 fully saturated rings. The first-order valence-electron chi connectivity index (χ1n) is 7.30. The monoisotopic (exact) mass is 269 g/mol. The van der Waals surface area contributed by atoms with Crippen LogP contribution < -0.4 is 5.32 Å². The van der Waals surface area contributed by atoms with E-state index in [1.165, 1.54) is 12.8 Å². The molecular weight excluding hydrogens is 242 g/mol. The molecule has 0 bridgehead atoms. The van der Waals surface area contributed by atoms with E-state index in [4.69, 9.17) is 0 Å². The van der Waals surface area contributed by atoms with Crippen LogP contribution in [0.25, 0.3) is 0 Å². The molecule has 5 heteroatoms. The number of carboxylic acids is 1. The molecule has 0 radical (unpaired) electrons. The Labute approximate surface area is 115 Å². The van der Waals surface area contributed by atoms with Crippen molar-refractivity contribution < 1.29 is 9.90 Å². The highest BCUT2D eigenvalue weighted by Crippen LogP contribution is 2.23. The van der Waals surface area contributed by atoms with Gasteiger partial charge in [-0.15, -0.1) is 0 Å². The molecule has 1 saturated heterocycles. The first-order chi connectivity index (χ1) is 8.90. The summed E-state index contributed by atoms with van der Waals surface area (Å²) in [5, 5.41) is 12.8. The van der Waals surface area contributed by atoms with Gasteiger partial charge in [0, 0.05) is 25.2 Å². The van der Waals surface area contributed by atoms with E-state index >= 15 is 0 Å². The first-order valence-corrected chi connectivity index (χ1v) is 7.30. The fourth-order valence-corrected chi connectivity index (χ4v) is 3.03. The number of rotatable bonds is 7. The highest BCUT2D eigenvalue weighted by molar-refractivity contribution is 5.78. The Morgan fingerprint density at radius 3 is 2.63 bits per heavy atom. The van der Waals surface area contributed by atoms with Crippen molar-refractivity contribution in [2.24, 2.45) is 0 Å². The lowest BCUT2D eigenvalue weighted by Crippen LogP contribution is -2.58. The molecule has 0 aromatic heterocycles. The van der Waals surface area contributed by atoms with Gasteiger partial charge in [0.25, 0.3) is 0 Å². The van der Waals surface area contributed by atoms with Crippen LogP contribution in [0.4, 0.5) is 0 Å². The van der Waals surface area contributed by atoms with Crippen molar-refractivity contribution in [1.29, 1.82) is 0 Å². The van der Waals surface area contributed by atoms with Crippen LogP contribution in [0.3, 0.4) is 0 Å². The van der Waals surface area contributed by atoms with Crippen LogP contribution in [-0.4, -0.2) is 72.2 Å². The second kappa shape index (κ2) is 5.77. The Morgan fingerprint density at radius 1 is 1.47 bits per heavy atom. The maximum absolute atomic E-state index is 11.5. The molecule has 110 valence electrons. The third kappa shape index (κ3) is 3.91. The van der Waals surface area contributed by atoms with Crippen molar-refractivity contribution in [1.82, 2.24) is 15.1 Å². The van der Waals surface area contributed by atoms with Gasteiger partial charge in [0.05, 0.1) is 0 Å². The van der Waals surface area contributed by atoms with E-state index in [-0.39, 0.29) is 0 Å². The van der Waals surface area contributed by atoms with Crippen LogP contribution in [0.2, 0.25) is 0 Å². The van der Waals surface area contributed by atoms with Crippen molar-refractivity contribution in [3.05, 3.63) is 0 Å². The summed E-state index contributed by atoms with van der Waals surface area (Å²) in [6.07, 6.45) is 4.70. The average molecular weight is 269 g/mol. The molecule has 1 aliphatic carbocycles. The molecule has 2 unspecified atom stereocenters. The van der Waals surface area contributed by atoms with Gasteiger partial charge in [-0.1, -0.05) is 0 Å². The third-order valence-corrected chi connectivity index (χ3v) is 4.35. The van der Waals surface area contributed by atoms with Crippen LogP contribution in [0.5, 0.6) is 0 Å². The van der Waals surface area contributed by atoms with Gasteiger partial charge in [0.15, 0.2) is 0 Å². The van der Waals surface area contributed by atoms with Gasteiger partial charge in [-0.3, -0.25) is 10.1 Å². The zero-order valence-corrected chi connectivity index (χ0v) is 12.4. The SMILES string of the molecule is CN(CC1CCCN1C)CC(C)(NC1CC1)C(=O)O. The summed E-state index contributed by atoms with van der Waals surface area (Å²) in [6, 6.07) is 0.979. The van der Waals surface area contributed by atoms with E-state index in [0.29, 0.717) is 18.6 Å². The zero-order valence-electron chi connectivity index (χ0n) is 12.4. The fraction of sp³-hybridized carbons (Fsp3) is 0.929. The second-order valence-corrected chi connectivity index (χ2v) is 6.53. The highest BCUT2D eigenvalue weighted by Gasteiger charge is 2.39. The minimum Gasteiger partial charge on any atom is -0.480 e. The number of carbonyl (C=O) groups is 1. The van der Waals surface area contributed by atoms with Crippen LogP contribution >= 0.6 is 0 Å². The van der Waals surface area contributed by atoms with Crippen LogP contribution in [0.15, 0.2) is 0 Å². The van der Waals surface area contributed by atoms with Crippen LogP contribution in [0.1, 0.15) is 32.6 Å². The molecule has 0 amide bonds. The summed E-state index contributed by atoms with van der Waals surface area (Å²) < 4.78 is 0. The van der Waals surface area contributed by atoms with E-state index in [1.54, 1.807) is 0 Å². The number of nitrogens with zero attached hydrogens (tertiary/aromatic N) is 2. The van der Waals surface area contributed by atoms with Gasteiger partial charge in [-0.2, -0.15) is 0 Å². The van der Waals surface area contributed by atoms with E-state index in [1.807, 2.05) is 14.0 Å². The van der Waals surface area contributed by atoms with Gasteiger partial charge in [-0.25, -0.2) is 0 Å². The molecule has 2 rings (SSSR count). The average Bonchev–Trinajstić information content (AvgIpc) is 3.02. The number of nitrogens with one attached hydrogen (secondary N) is 1. The topological polar surface area (TPSA) is 55.8 Å². The minimum atomic E-state index is -0.826. The number of aliphatic carboxylic acids is 1. The standard InChI is InChI=1S/C14H27N3O2/c1-14(13(18)19,15-11-6-7-11)10-16(2)9-12-5-4-8-17(12)3/h11-12,15H,4-10H2,1-3H3,(H,18,19). The van der Waals surface area contributed by atoms with E-state index < -0.39 is 11.5 Å². The molecule has 0 aromatic carbocycles. The molecule has 2 N–H and O–H groups in total. The summed E-state index contributed by atoms with van der Waals surface area (Å²) in [5.74, 6) is -0.744. The van der Waals surface area contributed by atoms with Crippen molar-refractivity contribution in [2.45, 2.75) is 50.2 Å². The summed E-state index contributed by atoms with van der Waals surface area (Å²) >= 11 is 0. The smallest absolute Gasteiger partial charge is 0.324 e. The Hall–Kier alpha value is -0.650. The van der Waals surface area contributed by atoms with E-state index in [0.717, 1.165) is 25.9 Å². The summed E-state index contributed by atoms with van der Waals surface area (Å²) in [4.78, 5) is 16.1. The zero-order chi connectivity index (χ0) is 14.0. The van der Waals surface area contributed by atoms with Gasteiger partial charge in [0.1, 0.15) is 5.54 Å². The largest absolute Gasteiger partial charge is 0.480 e. The molecule has 1 heterocycles. The minimum absolute atomic E-state index is 0.406. The van der Waals surface area contributed by atoms with E-state index in [9.17, 15) is 9.90 Å². The highest BCUT2D eigenvalue weighted by atomic mass is 16.4. The van der Waals surface area contributed by atoms with Gasteiger partial charge >= 0.3 is 5.97 Å². The molecule has 19 heavy (non-hydrogen) atoms. The second-order valence-electron chi connectivity index (χ2n) is 6.53. The molecule has 1 saturated carbocycles. The Balaban J connectivity index is 1.86. The molecule has 0 aromatic rings. The Bertz CT molecular complexity index is 333. The lowest BCUT2D eigenvalue weighted by Gasteiger charge is -2.33. The number of likely N-dealkylation sites (tertiary alicyclic amines) is 1. The maximum atomic E-state index is 11.5. The van der Waals surface area contributed by atoms with Crippen molar-refractivity contribution in [3.8, 4) is 0 Å². The molecule has 2 atom stereocenters. The van der Waals surface area contributed by atoms with Crippen molar-refractivity contribution in [3.63, 3.8) is 0 Å². The lowest BCUT2D eigenvalue weighted by atomic mass is 10.0. The van der Waals surface area contributed by atoms with Crippen LogP contribution in [-0.2, 0) is 4.79 Å². The van der Waals surface area contributed by atoms with Gasteiger partial charge < -0.3 is 14.9 Å². The number of likely N-dealkylation sites (N-methyl/N-ethyl adjacent to an activating group) is 2. The fourth-order valence-electron chi connectivity index (χ4n) is 3.03. The number of hydrogen-bond acceptors (Lipinski definition) is 4. The first kappa shape index (κ1) is 14.8. The van der Waals surface area contributed by atoms with Crippen LogP contribution in [0, 0.1) is 0 Å². The molecule has 0 spiro atoms. The predicted molar refractivity (Wildman–Crippen MR) is 75.3 cm³/mol. The van der Waals surface area contributed by atoms with Crippen molar-refractivity contribution in [2.75, 3.05) is 33.7 Å². The Kier molecular flexibility index (Phi) is 4.48.